The zero-order valence-electron chi connectivity index (χ0n) is 14.9. The van der Waals surface area contributed by atoms with E-state index < -0.39 is 10.1 Å². The van der Waals surface area contributed by atoms with Crippen LogP contribution in [-0.2, 0) is 15.5 Å². The molecule has 0 N–H and O–H groups in total. The molecule has 0 spiro atoms. The maximum Gasteiger partial charge on any atom is 0.309 e. The van der Waals surface area contributed by atoms with Gasteiger partial charge in [-0.1, -0.05) is 71.9 Å². The molecule has 134 valence electrons. The summed E-state index contributed by atoms with van der Waals surface area (Å²) in [6, 6.07) is 7.32. The molecule has 0 saturated carbocycles. The zero-order valence-corrected chi connectivity index (χ0v) is 16.7. The summed E-state index contributed by atoms with van der Waals surface area (Å²) in [5.74, 6) is 0.499. The zero-order chi connectivity index (χ0) is 16.6. The summed E-state index contributed by atoms with van der Waals surface area (Å²) in [5, 5.41) is 0. The highest BCUT2D eigenvalue weighted by Gasteiger charge is 2.15. The SMILES string of the molecule is CCCCCCCCS(=O)(=O)Oc1ccc(C(C)(C)C)cc1.S. The predicted molar refractivity (Wildman–Crippen MR) is 103 cm³/mol. The smallest absolute Gasteiger partial charge is 0.309 e. The van der Waals surface area contributed by atoms with E-state index in [0.717, 1.165) is 18.4 Å². The van der Waals surface area contributed by atoms with Crippen LogP contribution in [0.15, 0.2) is 24.3 Å². The van der Waals surface area contributed by atoms with Crippen molar-refractivity contribution in [2.45, 2.75) is 71.6 Å². The summed E-state index contributed by atoms with van der Waals surface area (Å²) in [5.41, 5.74) is 1.21. The van der Waals surface area contributed by atoms with Crippen LogP contribution in [-0.4, -0.2) is 14.2 Å². The number of unbranched alkanes of at least 4 members (excludes halogenated alkanes) is 5. The highest BCUT2D eigenvalue weighted by Crippen LogP contribution is 2.25. The van der Waals surface area contributed by atoms with E-state index in [9.17, 15) is 8.42 Å². The molecule has 0 radical (unpaired) electrons. The van der Waals surface area contributed by atoms with E-state index in [1.54, 1.807) is 12.1 Å². The van der Waals surface area contributed by atoms with Gasteiger partial charge in [-0.05, 0) is 29.5 Å². The van der Waals surface area contributed by atoms with Gasteiger partial charge in [-0.15, -0.1) is 0 Å². The Kier molecular flexibility index (Phi) is 9.94. The van der Waals surface area contributed by atoms with Gasteiger partial charge in [-0.2, -0.15) is 21.9 Å². The van der Waals surface area contributed by atoms with Crippen LogP contribution in [0.2, 0.25) is 0 Å². The Balaban J connectivity index is 0.00000484. The Morgan fingerprint density at radius 2 is 1.43 bits per heavy atom. The molecule has 1 rings (SSSR count). The summed E-state index contributed by atoms with van der Waals surface area (Å²) < 4.78 is 29.1. The van der Waals surface area contributed by atoms with E-state index in [4.69, 9.17) is 4.18 Å². The first-order chi connectivity index (χ1) is 10.2. The Hall–Kier alpha value is -0.680. The molecule has 0 fully saturated rings. The van der Waals surface area contributed by atoms with Gasteiger partial charge in [0.15, 0.2) is 0 Å². The van der Waals surface area contributed by atoms with E-state index in [1.807, 2.05) is 12.1 Å². The van der Waals surface area contributed by atoms with Gasteiger partial charge in [0.05, 0.1) is 5.75 Å². The van der Waals surface area contributed by atoms with Gasteiger partial charge in [0.2, 0.25) is 0 Å². The average molecular weight is 361 g/mol. The highest BCUT2D eigenvalue weighted by atomic mass is 32.2. The molecule has 1 aromatic rings. The Morgan fingerprint density at radius 3 is 1.96 bits per heavy atom. The van der Waals surface area contributed by atoms with Crippen LogP contribution < -0.4 is 4.18 Å². The lowest BCUT2D eigenvalue weighted by atomic mass is 9.87. The second-order valence-electron chi connectivity index (χ2n) is 6.89. The molecule has 0 bridgehead atoms. The standard InChI is InChI=1S/C18H30O3S.H2S/c1-5-6-7-8-9-10-15-22(19,20)21-17-13-11-16(12-14-17)18(2,3)4;/h11-14H,5-10,15H2,1-4H3;1H2. The first kappa shape index (κ1) is 22.3. The van der Waals surface area contributed by atoms with Crippen molar-refractivity contribution in [1.29, 1.82) is 0 Å². The Labute approximate surface area is 149 Å². The predicted octanol–water partition coefficient (Wildman–Crippen LogP) is 5.17. The van der Waals surface area contributed by atoms with Crippen molar-refractivity contribution in [3.05, 3.63) is 29.8 Å². The lowest BCUT2D eigenvalue weighted by Gasteiger charge is -2.19. The number of hydrogen-bond acceptors (Lipinski definition) is 3. The van der Waals surface area contributed by atoms with Crippen molar-refractivity contribution < 1.29 is 12.6 Å². The summed E-state index contributed by atoms with van der Waals surface area (Å²) in [6.45, 7) is 8.54. The van der Waals surface area contributed by atoms with Gasteiger partial charge in [0.25, 0.3) is 0 Å². The van der Waals surface area contributed by atoms with E-state index in [1.165, 1.54) is 19.3 Å². The molecule has 0 saturated heterocycles. The molecule has 0 aromatic heterocycles. The number of benzene rings is 1. The van der Waals surface area contributed by atoms with Gasteiger partial charge in [-0.3, -0.25) is 0 Å². The molecule has 0 heterocycles. The molecule has 0 aliphatic carbocycles. The fraction of sp³-hybridized carbons (Fsp3) is 0.667. The van der Waals surface area contributed by atoms with Crippen LogP contribution in [0.5, 0.6) is 5.75 Å². The van der Waals surface area contributed by atoms with Crippen molar-refractivity contribution >= 4 is 23.6 Å². The Morgan fingerprint density at radius 1 is 0.913 bits per heavy atom. The summed E-state index contributed by atoms with van der Waals surface area (Å²) >= 11 is 0. The minimum Gasteiger partial charge on any atom is -0.382 e. The third-order valence-corrected chi connectivity index (χ3v) is 4.93. The second-order valence-corrected chi connectivity index (χ2v) is 8.58. The van der Waals surface area contributed by atoms with Crippen LogP contribution in [0.4, 0.5) is 0 Å². The fourth-order valence-electron chi connectivity index (χ4n) is 2.26. The first-order valence-corrected chi connectivity index (χ1v) is 9.85. The normalized spacial score (nSPS) is 11.8. The van der Waals surface area contributed by atoms with E-state index in [-0.39, 0.29) is 24.7 Å². The van der Waals surface area contributed by atoms with E-state index in [2.05, 4.69) is 27.7 Å². The summed E-state index contributed by atoms with van der Waals surface area (Å²) in [6.07, 6.45) is 6.34. The third-order valence-electron chi connectivity index (χ3n) is 3.69. The molecular weight excluding hydrogens is 328 g/mol. The van der Waals surface area contributed by atoms with Crippen LogP contribution in [0.3, 0.4) is 0 Å². The molecular formula is C18H32O3S2. The van der Waals surface area contributed by atoms with Gasteiger partial charge >= 0.3 is 10.1 Å². The second kappa shape index (κ2) is 10.2. The van der Waals surface area contributed by atoms with Gasteiger partial charge < -0.3 is 4.18 Å². The maximum absolute atomic E-state index is 11.9. The van der Waals surface area contributed by atoms with Crippen LogP contribution in [0, 0.1) is 0 Å². The molecule has 0 atom stereocenters. The molecule has 1 aromatic carbocycles. The largest absolute Gasteiger partial charge is 0.382 e. The molecule has 0 unspecified atom stereocenters. The van der Waals surface area contributed by atoms with Gasteiger partial charge in [0, 0.05) is 0 Å². The third kappa shape index (κ3) is 9.26. The first-order valence-electron chi connectivity index (χ1n) is 8.27. The summed E-state index contributed by atoms with van der Waals surface area (Å²) in [4.78, 5) is 0. The van der Waals surface area contributed by atoms with Gasteiger partial charge in [-0.25, -0.2) is 0 Å². The Bertz CT molecular complexity index is 528. The van der Waals surface area contributed by atoms with Crippen LogP contribution in [0.1, 0.15) is 71.8 Å². The van der Waals surface area contributed by atoms with Crippen molar-refractivity contribution in [1.82, 2.24) is 0 Å². The van der Waals surface area contributed by atoms with Crippen molar-refractivity contribution in [3.8, 4) is 5.75 Å². The van der Waals surface area contributed by atoms with Crippen molar-refractivity contribution in [2.24, 2.45) is 0 Å². The highest BCUT2D eigenvalue weighted by molar-refractivity contribution is 7.87. The molecule has 5 heteroatoms. The molecule has 0 aliphatic heterocycles. The minimum absolute atomic E-state index is 0. The van der Waals surface area contributed by atoms with E-state index in [0.29, 0.717) is 12.2 Å². The fourth-order valence-corrected chi connectivity index (χ4v) is 3.30. The number of hydrogen-bond donors (Lipinski definition) is 0. The molecule has 23 heavy (non-hydrogen) atoms. The quantitative estimate of drug-likeness (QED) is 0.451. The monoisotopic (exact) mass is 360 g/mol. The van der Waals surface area contributed by atoms with Crippen LogP contribution >= 0.6 is 13.5 Å². The topological polar surface area (TPSA) is 43.4 Å². The van der Waals surface area contributed by atoms with Crippen LogP contribution in [0.25, 0.3) is 0 Å². The molecule has 0 aliphatic rings. The lowest BCUT2D eigenvalue weighted by Crippen LogP contribution is -2.14. The molecule has 3 nitrogen and oxygen atoms in total. The van der Waals surface area contributed by atoms with Gasteiger partial charge in [0.1, 0.15) is 5.75 Å². The van der Waals surface area contributed by atoms with Crippen molar-refractivity contribution in [2.75, 3.05) is 5.75 Å². The molecule has 0 amide bonds. The maximum atomic E-state index is 11.9. The van der Waals surface area contributed by atoms with Crippen molar-refractivity contribution in [3.63, 3.8) is 0 Å². The lowest BCUT2D eigenvalue weighted by molar-refractivity contribution is 0.481. The number of rotatable bonds is 9. The van der Waals surface area contributed by atoms with E-state index >= 15 is 0 Å². The minimum atomic E-state index is -3.48. The summed E-state index contributed by atoms with van der Waals surface area (Å²) in [7, 11) is -3.48. The average Bonchev–Trinajstić information content (AvgIpc) is 2.42.